The second-order valence-electron chi connectivity index (χ2n) is 15.0. The number of carbonyl (C=O) groups excluding carboxylic acids is 2. The predicted molar refractivity (Wildman–Crippen MR) is 195 cm³/mol. The maximum Gasteiger partial charge on any atom is 0.332 e. The lowest BCUT2D eigenvalue weighted by molar-refractivity contribution is -0.169. The van der Waals surface area contributed by atoms with Crippen LogP contribution in [0.1, 0.15) is 68.8 Å². The molecule has 15 heteroatoms. The number of hydrogen-bond donors (Lipinski definition) is 4. The summed E-state index contributed by atoms with van der Waals surface area (Å²) in [7, 11) is 4.89. The summed E-state index contributed by atoms with van der Waals surface area (Å²) in [5.41, 5.74) is 4.39. The molecule has 7 aliphatic rings. The van der Waals surface area contributed by atoms with Gasteiger partial charge in [0.1, 0.15) is 18.6 Å². The topological polar surface area (TPSA) is 169 Å². The Hall–Kier alpha value is -4.41. The van der Waals surface area contributed by atoms with E-state index < -0.39 is 53.1 Å². The Labute approximate surface area is 316 Å². The van der Waals surface area contributed by atoms with Gasteiger partial charge in [-0.25, -0.2) is 4.79 Å². The number of likely N-dealkylation sites (N-methyl/N-ethyl adjacent to an activating group) is 1. The molecule has 7 atom stereocenters. The highest BCUT2D eigenvalue weighted by Gasteiger charge is 2.60. The molecule has 3 aromatic carbocycles. The van der Waals surface area contributed by atoms with Crippen LogP contribution in [0, 0.1) is 13.8 Å². The van der Waals surface area contributed by atoms with Gasteiger partial charge >= 0.3 is 11.9 Å². The number of rotatable bonds is 3. The average Bonchev–Trinajstić information content (AvgIpc) is 3.64. The van der Waals surface area contributed by atoms with Crippen molar-refractivity contribution in [3.05, 3.63) is 62.7 Å². The number of carbonyl (C=O) groups is 2. The molecular formula is C39H43N3O11S. The van der Waals surface area contributed by atoms with Crippen LogP contribution < -0.4 is 29.0 Å². The Morgan fingerprint density at radius 2 is 1.80 bits per heavy atom. The molecule has 0 amide bonds. The van der Waals surface area contributed by atoms with Crippen LogP contribution in [-0.4, -0.2) is 102 Å². The molecule has 0 saturated carbocycles. The van der Waals surface area contributed by atoms with Crippen molar-refractivity contribution < 1.29 is 53.3 Å². The van der Waals surface area contributed by atoms with Crippen molar-refractivity contribution >= 4 is 23.7 Å². The number of aliphatic hydroxyl groups is 1. The van der Waals surface area contributed by atoms with Gasteiger partial charge in [-0.05, 0) is 68.1 Å². The maximum absolute atomic E-state index is 14.9. The fraction of sp³-hybridized carbons (Fsp3) is 0.487. The first-order valence-electron chi connectivity index (χ1n) is 18.1. The van der Waals surface area contributed by atoms with E-state index in [1.165, 1.54) is 32.9 Å². The summed E-state index contributed by atoms with van der Waals surface area (Å²) in [5, 5.41) is 38.2. The van der Waals surface area contributed by atoms with Crippen LogP contribution in [0.25, 0.3) is 0 Å². The Morgan fingerprint density at radius 1 is 1.02 bits per heavy atom. The van der Waals surface area contributed by atoms with E-state index in [0.29, 0.717) is 70.2 Å². The minimum absolute atomic E-state index is 0.0173. The zero-order chi connectivity index (χ0) is 38.0. The molecule has 286 valence electrons. The van der Waals surface area contributed by atoms with Crippen molar-refractivity contribution in [1.29, 1.82) is 0 Å². The number of fused-ring (bicyclic) bond motifs is 9. The average molecular weight is 762 g/mol. The molecule has 0 aromatic heterocycles. The van der Waals surface area contributed by atoms with Crippen LogP contribution in [0.4, 0.5) is 0 Å². The van der Waals surface area contributed by atoms with Gasteiger partial charge in [0.05, 0.1) is 37.6 Å². The number of aromatic hydroxyl groups is 2. The van der Waals surface area contributed by atoms with Crippen LogP contribution in [0.3, 0.4) is 0 Å². The number of benzene rings is 3. The number of esters is 2. The quantitative estimate of drug-likeness (QED) is 0.226. The SMILES string of the molecule is COc1cc2c(cc1O)CCN(C)[C@]21CS[C@@H]2c3c(OC(C)=O)c(C)c4c(c3[C@H](COC1=O)N1C2[C@@H]2N[C@H](Cc3cc(C)c(OC)c(O)c32)[C@@H]1O)OCO4. The first kappa shape index (κ1) is 35.3. The number of ether oxygens (including phenoxy) is 6. The molecule has 54 heavy (non-hydrogen) atoms. The second kappa shape index (κ2) is 12.6. The zero-order valence-corrected chi connectivity index (χ0v) is 31.7. The summed E-state index contributed by atoms with van der Waals surface area (Å²) in [6, 6.07) is 3.04. The van der Waals surface area contributed by atoms with Gasteiger partial charge in [0.15, 0.2) is 40.0 Å². The van der Waals surface area contributed by atoms with Crippen molar-refractivity contribution in [1.82, 2.24) is 15.1 Å². The zero-order valence-electron chi connectivity index (χ0n) is 30.8. The minimum Gasteiger partial charge on any atom is -0.504 e. The first-order chi connectivity index (χ1) is 25.9. The normalized spacial score (nSPS) is 29.4. The lowest BCUT2D eigenvalue weighted by atomic mass is 9.74. The van der Waals surface area contributed by atoms with Crippen LogP contribution in [0.2, 0.25) is 0 Å². The second-order valence-corrected chi connectivity index (χ2v) is 16.1. The highest BCUT2D eigenvalue weighted by molar-refractivity contribution is 7.99. The summed E-state index contributed by atoms with van der Waals surface area (Å²) in [4.78, 5) is 31.7. The Morgan fingerprint density at radius 3 is 2.54 bits per heavy atom. The molecule has 4 bridgehead atoms. The highest BCUT2D eigenvalue weighted by atomic mass is 32.2. The molecule has 4 N–H and O–H groups in total. The molecule has 7 aliphatic heterocycles. The number of methoxy groups -OCH3 is 2. The van der Waals surface area contributed by atoms with Gasteiger partial charge < -0.3 is 49.1 Å². The van der Waals surface area contributed by atoms with E-state index in [2.05, 4.69) is 5.32 Å². The van der Waals surface area contributed by atoms with E-state index in [-0.39, 0.29) is 36.4 Å². The molecule has 7 heterocycles. The number of aryl methyl sites for hydroxylation is 1. The summed E-state index contributed by atoms with van der Waals surface area (Å²) >= 11 is 1.48. The standard InChI is InChI=1S/C39H43N3O11S/c1-16-9-20-10-22-37(46)42-23-13-50-38(47)39(21-12-25(48-5)24(44)11-19(21)7-8-41(39)4)14-54-36(30(42)29(40-22)26(20)31(45)32(16)49-6)28-27(23)35-34(51-15-52-35)17(2)33(28)53-18(3)43/h9,11-12,22-23,29-30,36-37,40,44-46H,7-8,10,13-15H2,1-6H3/t22-,23+,29-,30?,36-,37+,39-/m1/s1. The van der Waals surface area contributed by atoms with Gasteiger partial charge in [-0.1, -0.05) is 6.07 Å². The molecule has 0 radical (unpaired) electrons. The molecule has 2 fully saturated rings. The Balaban J connectivity index is 1.32. The van der Waals surface area contributed by atoms with E-state index in [1.807, 2.05) is 36.8 Å². The lowest BCUT2D eigenvalue weighted by Gasteiger charge is -2.59. The largest absolute Gasteiger partial charge is 0.504 e. The van der Waals surface area contributed by atoms with Gasteiger partial charge in [-0.3, -0.25) is 14.6 Å². The van der Waals surface area contributed by atoms with E-state index in [9.17, 15) is 24.9 Å². The smallest absolute Gasteiger partial charge is 0.332 e. The first-order valence-corrected chi connectivity index (χ1v) is 19.1. The number of thioether (sulfide) groups is 1. The van der Waals surface area contributed by atoms with Crippen molar-refractivity contribution in [3.63, 3.8) is 0 Å². The van der Waals surface area contributed by atoms with Crippen molar-refractivity contribution in [2.24, 2.45) is 0 Å². The van der Waals surface area contributed by atoms with Gasteiger partial charge in [-0.2, -0.15) is 0 Å². The highest BCUT2D eigenvalue weighted by Crippen LogP contribution is 2.63. The monoisotopic (exact) mass is 761 g/mol. The third-order valence-electron chi connectivity index (χ3n) is 12.3. The fourth-order valence-electron chi connectivity index (χ4n) is 9.90. The van der Waals surface area contributed by atoms with Crippen molar-refractivity contribution in [2.45, 2.75) is 74.8 Å². The summed E-state index contributed by atoms with van der Waals surface area (Å²) in [6.45, 7) is 5.32. The number of nitrogens with zero attached hydrogens (tertiary/aromatic N) is 2. The van der Waals surface area contributed by atoms with Gasteiger partial charge in [0.2, 0.25) is 6.79 Å². The van der Waals surface area contributed by atoms with Crippen LogP contribution >= 0.6 is 11.8 Å². The van der Waals surface area contributed by atoms with E-state index >= 15 is 0 Å². The third kappa shape index (κ3) is 4.74. The summed E-state index contributed by atoms with van der Waals surface area (Å²) < 4.78 is 36.0. The van der Waals surface area contributed by atoms with E-state index in [0.717, 1.165) is 16.7 Å². The number of hydrogen-bond acceptors (Lipinski definition) is 15. The number of nitrogens with one attached hydrogen (secondary N) is 1. The van der Waals surface area contributed by atoms with Crippen molar-refractivity contribution in [2.75, 3.05) is 47.0 Å². The minimum atomic E-state index is -1.31. The Kier molecular flexibility index (Phi) is 8.21. The molecule has 14 nitrogen and oxygen atoms in total. The number of piperazine rings is 1. The molecule has 1 unspecified atom stereocenters. The lowest BCUT2D eigenvalue weighted by Crippen LogP contribution is -2.69. The molecule has 1 spiro atoms. The number of phenols is 2. The fourth-order valence-corrected chi connectivity index (χ4v) is 11.7. The number of phenolic OH excluding ortho intramolecular Hbond substituents is 2. The summed E-state index contributed by atoms with van der Waals surface area (Å²) in [6.07, 6.45) is -0.0425. The molecule has 10 rings (SSSR count). The van der Waals surface area contributed by atoms with Gasteiger partial charge in [-0.15, -0.1) is 11.8 Å². The van der Waals surface area contributed by atoms with E-state index in [4.69, 9.17) is 28.4 Å². The van der Waals surface area contributed by atoms with E-state index in [1.54, 1.807) is 12.1 Å². The predicted octanol–water partition coefficient (Wildman–Crippen LogP) is 3.41. The maximum atomic E-state index is 14.9. The van der Waals surface area contributed by atoms with Crippen LogP contribution in [-0.2, 0) is 32.7 Å². The van der Waals surface area contributed by atoms with Gasteiger partial charge in [0, 0.05) is 47.5 Å². The van der Waals surface area contributed by atoms with Crippen LogP contribution in [0.15, 0.2) is 18.2 Å². The summed E-state index contributed by atoms with van der Waals surface area (Å²) in [5.74, 6) is 0.986. The molecule has 2 saturated heterocycles. The molecule has 3 aromatic rings. The number of aliphatic hydroxyl groups excluding tert-OH is 1. The van der Waals surface area contributed by atoms with Gasteiger partial charge in [0.25, 0.3) is 0 Å². The van der Waals surface area contributed by atoms with Crippen molar-refractivity contribution in [3.8, 4) is 40.2 Å². The molecule has 0 aliphatic carbocycles. The molecular weight excluding hydrogens is 719 g/mol. The van der Waals surface area contributed by atoms with Crippen LogP contribution in [0.5, 0.6) is 40.2 Å². The third-order valence-corrected chi connectivity index (χ3v) is 13.7. The Bertz CT molecular complexity index is 2130.